The summed E-state index contributed by atoms with van der Waals surface area (Å²) in [7, 11) is 0. The fourth-order valence-electron chi connectivity index (χ4n) is 3.25. The minimum absolute atomic E-state index is 0.111. The van der Waals surface area contributed by atoms with Crippen LogP contribution in [0.3, 0.4) is 0 Å². The molecule has 1 aliphatic heterocycles. The highest BCUT2D eigenvalue weighted by Crippen LogP contribution is 2.22. The summed E-state index contributed by atoms with van der Waals surface area (Å²) in [6, 6.07) is 12.7. The third-order valence-electron chi connectivity index (χ3n) is 4.58. The van der Waals surface area contributed by atoms with E-state index in [1.165, 1.54) is 6.07 Å². The fourth-order valence-corrected chi connectivity index (χ4v) is 3.61. The first-order valence-corrected chi connectivity index (χ1v) is 9.19. The van der Waals surface area contributed by atoms with Crippen molar-refractivity contribution < 1.29 is 4.79 Å². The van der Waals surface area contributed by atoms with Crippen LogP contribution in [0, 0.1) is 0 Å². The van der Waals surface area contributed by atoms with Crippen LogP contribution in [-0.2, 0) is 0 Å². The summed E-state index contributed by atoms with van der Waals surface area (Å²) in [5.41, 5.74) is 0.836. The first-order valence-electron chi connectivity index (χ1n) is 8.40. The number of benzene rings is 1. The molecule has 1 aromatic carbocycles. The summed E-state index contributed by atoms with van der Waals surface area (Å²) in [6.45, 7) is 2.62. The standard InChI is InChI=1S/C19H17BrN4O2/c20-13-4-5-16-14(11-13)15(12-18(25)22-16)19(26)24-9-7-23(8-10-24)17-3-1-2-6-21-17/h1-6,11-12H,7-10H2,(H,22,25). The Morgan fingerprint density at radius 1 is 1.08 bits per heavy atom. The van der Waals surface area contributed by atoms with Gasteiger partial charge in [0.15, 0.2) is 0 Å². The second-order valence-electron chi connectivity index (χ2n) is 6.20. The van der Waals surface area contributed by atoms with Crippen molar-refractivity contribution in [1.29, 1.82) is 0 Å². The molecule has 1 saturated heterocycles. The molecule has 3 aromatic rings. The number of aromatic nitrogens is 2. The van der Waals surface area contributed by atoms with Crippen molar-refractivity contribution in [3.05, 3.63) is 69.1 Å². The summed E-state index contributed by atoms with van der Waals surface area (Å²) in [5, 5.41) is 0.746. The van der Waals surface area contributed by atoms with Crippen LogP contribution < -0.4 is 10.5 Å². The topological polar surface area (TPSA) is 69.3 Å². The molecule has 2 aromatic heterocycles. The van der Waals surface area contributed by atoms with Gasteiger partial charge in [-0.25, -0.2) is 4.98 Å². The number of carbonyl (C=O) groups is 1. The van der Waals surface area contributed by atoms with Gasteiger partial charge in [0.05, 0.1) is 5.56 Å². The maximum Gasteiger partial charge on any atom is 0.254 e. The maximum atomic E-state index is 13.0. The third-order valence-corrected chi connectivity index (χ3v) is 5.07. The Hall–Kier alpha value is -2.67. The predicted octanol–water partition coefficient (Wildman–Crippen LogP) is 2.65. The molecule has 4 rings (SSSR count). The molecular weight excluding hydrogens is 396 g/mol. The lowest BCUT2D eigenvalue weighted by molar-refractivity contribution is 0.0748. The highest BCUT2D eigenvalue weighted by Gasteiger charge is 2.24. The molecule has 26 heavy (non-hydrogen) atoms. The number of rotatable bonds is 2. The normalized spacial score (nSPS) is 14.7. The molecule has 6 nitrogen and oxygen atoms in total. The van der Waals surface area contributed by atoms with Gasteiger partial charge in [-0.2, -0.15) is 0 Å². The van der Waals surface area contributed by atoms with Crippen LogP contribution in [0.4, 0.5) is 5.82 Å². The Morgan fingerprint density at radius 3 is 2.62 bits per heavy atom. The fraction of sp³-hybridized carbons (Fsp3) is 0.211. The predicted molar refractivity (Wildman–Crippen MR) is 105 cm³/mol. The molecule has 3 heterocycles. The Balaban J connectivity index is 1.58. The van der Waals surface area contributed by atoms with Gasteiger partial charge >= 0.3 is 0 Å². The number of nitrogens with one attached hydrogen (secondary N) is 1. The minimum atomic E-state index is -0.268. The van der Waals surface area contributed by atoms with Crippen LogP contribution >= 0.6 is 15.9 Å². The van der Waals surface area contributed by atoms with Gasteiger partial charge in [0, 0.05) is 53.8 Å². The number of halogens is 1. The van der Waals surface area contributed by atoms with E-state index in [0.717, 1.165) is 15.7 Å². The average molecular weight is 413 g/mol. The van der Waals surface area contributed by atoms with Crippen LogP contribution in [0.1, 0.15) is 10.4 Å². The van der Waals surface area contributed by atoms with E-state index in [1.807, 2.05) is 30.3 Å². The van der Waals surface area contributed by atoms with Crippen molar-refractivity contribution >= 4 is 38.6 Å². The van der Waals surface area contributed by atoms with E-state index in [1.54, 1.807) is 17.2 Å². The zero-order chi connectivity index (χ0) is 18.1. The number of nitrogens with zero attached hydrogens (tertiary/aromatic N) is 3. The molecule has 1 fully saturated rings. The Morgan fingerprint density at radius 2 is 1.88 bits per heavy atom. The highest BCUT2D eigenvalue weighted by molar-refractivity contribution is 9.10. The first kappa shape index (κ1) is 16.8. The van der Waals surface area contributed by atoms with E-state index in [9.17, 15) is 9.59 Å². The number of piperazine rings is 1. The van der Waals surface area contributed by atoms with E-state index in [2.05, 4.69) is 30.8 Å². The van der Waals surface area contributed by atoms with Gasteiger partial charge in [-0.15, -0.1) is 0 Å². The summed E-state index contributed by atoms with van der Waals surface area (Å²) >= 11 is 3.43. The number of aromatic amines is 1. The lowest BCUT2D eigenvalue weighted by Gasteiger charge is -2.35. The summed E-state index contributed by atoms with van der Waals surface area (Å²) in [4.78, 5) is 36.1. The van der Waals surface area contributed by atoms with E-state index < -0.39 is 0 Å². The second-order valence-corrected chi connectivity index (χ2v) is 7.12. The van der Waals surface area contributed by atoms with Crippen LogP contribution in [0.15, 0.2) is 57.9 Å². The summed E-state index contributed by atoms with van der Waals surface area (Å²) < 4.78 is 0.867. The van der Waals surface area contributed by atoms with Crippen LogP contribution in [0.2, 0.25) is 0 Å². The second kappa shape index (κ2) is 6.92. The van der Waals surface area contributed by atoms with E-state index in [0.29, 0.717) is 37.3 Å². The van der Waals surface area contributed by atoms with Gasteiger partial charge < -0.3 is 14.8 Å². The summed E-state index contributed by atoms with van der Waals surface area (Å²) in [5.74, 6) is 0.810. The maximum absolute atomic E-state index is 13.0. The SMILES string of the molecule is O=C(c1cc(=O)[nH]c2ccc(Br)cc12)N1CCN(c2ccccn2)CC1. The number of pyridine rings is 2. The minimum Gasteiger partial charge on any atom is -0.353 e. The summed E-state index contributed by atoms with van der Waals surface area (Å²) in [6.07, 6.45) is 1.77. The van der Waals surface area contributed by atoms with Crippen molar-refractivity contribution in [3.8, 4) is 0 Å². The molecule has 0 radical (unpaired) electrons. The van der Waals surface area contributed by atoms with Crippen LogP contribution in [0.25, 0.3) is 10.9 Å². The molecule has 0 bridgehead atoms. The van der Waals surface area contributed by atoms with Gasteiger partial charge in [-0.1, -0.05) is 22.0 Å². The highest BCUT2D eigenvalue weighted by atomic mass is 79.9. The molecule has 1 aliphatic rings. The number of H-pyrrole nitrogens is 1. The number of amides is 1. The van der Waals surface area contributed by atoms with E-state index in [4.69, 9.17) is 0 Å². The Kier molecular flexibility index (Phi) is 4.46. The zero-order valence-corrected chi connectivity index (χ0v) is 15.6. The third kappa shape index (κ3) is 3.22. The first-order chi connectivity index (χ1) is 12.6. The van der Waals surface area contributed by atoms with E-state index in [-0.39, 0.29) is 11.5 Å². The number of carbonyl (C=O) groups excluding carboxylic acids is 1. The largest absolute Gasteiger partial charge is 0.353 e. The zero-order valence-electron chi connectivity index (χ0n) is 14.0. The number of hydrogen-bond donors (Lipinski definition) is 1. The molecule has 0 aliphatic carbocycles. The number of anilines is 1. The number of fused-ring (bicyclic) bond motifs is 1. The molecule has 0 saturated carbocycles. The van der Waals surface area contributed by atoms with Gasteiger partial charge in [-0.3, -0.25) is 9.59 Å². The lowest BCUT2D eigenvalue weighted by atomic mass is 10.1. The van der Waals surface area contributed by atoms with Gasteiger partial charge in [0.1, 0.15) is 5.82 Å². The van der Waals surface area contributed by atoms with Crippen LogP contribution in [-0.4, -0.2) is 47.0 Å². The van der Waals surface area contributed by atoms with Crippen molar-refractivity contribution in [2.24, 2.45) is 0 Å². The molecule has 0 atom stereocenters. The molecule has 0 spiro atoms. The van der Waals surface area contributed by atoms with Crippen molar-refractivity contribution in [1.82, 2.24) is 14.9 Å². The average Bonchev–Trinajstić information content (AvgIpc) is 2.68. The van der Waals surface area contributed by atoms with E-state index >= 15 is 0 Å². The monoisotopic (exact) mass is 412 g/mol. The molecule has 1 amide bonds. The number of hydrogen-bond acceptors (Lipinski definition) is 4. The van der Waals surface area contributed by atoms with Gasteiger partial charge in [0.2, 0.25) is 5.56 Å². The van der Waals surface area contributed by atoms with Crippen molar-refractivity contribution in [2.75, 3.05) is 31.1 Å². The smallest absolute Gasteiger partial charge is 0.254 e. The Bertz CT molecular complexity index is 1010. The molecule has 7 heteroatoms. The molecule has 132 valence electrons. The van der Waals surface area contributed by atoms with Crippen molar-refractivity contribution in [3.63, 3.8) is 0 Å². The molecular formula is C19H17BrN4O2. The quantitative estimate of drug-likeness (QED) is 0.702. The molecule has 1 N–H and O–H groups in total. The van der Waals surface area contributed by atoms with Gasteiger partial charge in [-0.05, 0) is 30.3 Å². The Labute approximate surface area is 158 Å². The van der Waals surface area contributed by atoms with Crippen LogP contribution in [0.5, 0.6) is 0 Å². The lowest BCUT2D eigenvalue weighted by Crippen LogP contribution is -2.49. The molecule has 0 unspecified atom stereocenters. The van der Waals surface area contributed by atoms with Gasteiger partial charge in [0.25, 0.3) is 5.91 Å². The van der Waals surface area contributed by atoms with Crippen molar-refractivity contribution in [2.45, 2.75) is 0 Å².